The maximum Gasteiger partial charge on any atom is 0.255 e. The number of hydrogen-bond acceptors (Lipinski definition) is 4. The van der Waals surface area contributed by atoms with Crippen LogP contribution in [-0.4, -0.2) is 53.5 Å². The highest BCUT2D eigenvalue weighted by molar-refractivity contribution is 5.96. The smallest absolute Gasteiger partial charge is 0.255 e. The number of likely N-dealkylation sites (tertiary alicyclic amines) is 1. The van der Waals surface area contributed by atoms with E-state index < -0.39 is 11.4 Å². The van der Waals surface area contributed by atoms with Crippen LogP contribution in [0.3, 0.4) is 0 Å². The Bertz CT molecular complexity index is 904. The summed E-state index contributed by atoms with van der Waals surface area (Å²) in [6.45, 7) is 2.95. The van der Waals surface area contributed by atoms with E-state index in [0.717, 1.165) is 0 Å². The lowest BCUT2D eigenvalue weighted by Gasteiger charge is -2.40. The van der Waals surface area contributed by atoms with Crippen LogP contribution >= 0.6 is 0 Å². The lowest BCUT2D eigenvalue weighted by atomic mass is 10.00. The summed E-state index contributed by atoms with van der Waals surface area (Å²) in [6.07, 6.45) is 2.28. The SMILES string of the molecule is Cc1ncccc1C(=O)N1CCC2(C1)CN(c1cccc(F)c1)C(=O)CO2. The van der Waals surface area contributed by atoms with Gasteiger partial charge in [0.25, 0.3) is 11.8 Å². The van der Waals surface area contributed by atoms with Gasteiger partial charge in [0, 0.05) is 24.1 Å². The Morgan fingerprint density at radius 3 is 2.89 bits per heavy atom. The van der Waals surface area contributed by atoms with E-state index in [2.05, 4.69) is 4.98 Å². The molecule has 0 radical (unpaired) electrons. The van der Waals surface area contributed by atoms with E-state index in [1.165, 1.54) is 12.1 Å². The number of ether oxygens (including phenoxy) is 1. The Hall–Kier alpha value is -2.80. The van der Waals surface area contributed by atoms with E-state index in [1.54, 1.807) is 47.2 Å². The largest absolute Gasteiger partial charge is 0.361 e. The summed E-state index contributed by atoms with van der Waals surface area (Å²) < 4.78 is 19.5. The number of morpholine rings is 1. The second-order valence-electron chi connectivity index (χ2n) is 7.04. The third-order valence-electron chi connectivity index (χ3n) is 5.21. The van der Waals surface area contributed by atoms with Crippen molar-refractivity contribution in [1.29, 1.82) is 0 Å². The highest BCUT2D eigenvalue weighted by Gasteiger charge is 2.46. The van der Waals surface area contributed by atoms with Gasteiger partial charge in [0.05, 0.1) is 18.7 Å². The number of carbonyl (C=O) groups excluding carboxylic acids is 2. The highest BCUT2D eigenvalue weighted by atomic mass is 19.1. The molecule has 1 unspecified atom stereocenters. The molecule has 2 aliphatic heterocycles. The average molecular weight is 369 g/mol. The first-order valence-corrected chi connectivity index (χ1v) is 8.88. The molecule has 0 saturated carbocycles. The second-order valence-corrected chi connectivity index (χ2v) is 7.04. The number of nitrogens with zero attached hydrogens (tertiary/aromatic N) is 3. The number of amides is 2. The number of aryl methyl sites for hydroxylation is 1. The summed E-state index contributed by atoms with van der Waals surface area (Å²) in [5, 5.41) is 0. The van der Waals surface area contributed by atoms with Crippen molar-refractivity contribution in [2.75, 3.05) is 31.1 Å². The van der Waals surface area contributed by atoms with Gasteiger partial charge in [0.15, 0.2) is 0 Å². The molecule has 4 rings (SSSR count). The second kappa shape index (κ2) is 6.74. The number of hydrogen-bond donors (Lipinski definition) is 0. The first-order valence-electron chi connectivity index (χ1n) is 8.88. The van der Waals surface area contributed by atoms with Gasteiger partial charge in [-0.15, -0.1) is 0 Å². The number of pyridine rings is 1. The minimum atomic E-state index is -0.633. The Morgan fingerprint density at radius 2 is 2.11 bits per heavy atom. The Balaban J connectivity index is 1.54. The van der Waals surface area contributed by atoms with Gasteiger partial charge in [-0.25, -0.2) is 4.39 Å². The summed E-state index contributed by atoms with van der Waals surface area (Å²) in [7, 11) is 0. The highest BCUT2D eigenvalue weighted by Crippen LogP contribution is 2.33. The fraction of sp³-hybridized carbons (Fsp3) is 0.350. The third kappa shape index (κ3) is 3.30. The number of carbonyl (C=O) groups is 2. The molecule has 1 atom stereocenters. The van der Waals surface area contributed by atoms with Gasteiger partial charge in [-0.2, -0.15) is 0 Å². The predicted octanol–water partition coefficient (Wildman–Crippen LogP) is 2.18. The Kier molecular flexibility index (Phi) is 4.39. The molecule has 2 fully saturated rings. The van der Waals surface area contributed by atoms with Crippen molar-refractivity contribution in [3.8, 4) is 0 Å². The van der Waals surface area contributed by atoms with Crippen molar-refractivity contribution >= 4 is 17.5 Å². The van der Waals surface area contributed by atoms with E-state index in [9.17, 15) is 14.0 Å². The van der Waals surface area contributed by atoms with Gasteiger partial charge in [-0.05, 0) is 43.7 Å². The van der Waals surface area contributed by atoms with Crippen LogP contribution in [0.5, 0.6) is 0 Å². The van der Waals surface area contributed by atoms with Gasteiger partial charge >= 0.3 is 0 Å². The van der Waals surface area contributed by atoms with Crippen LogP contribution in [0.15, 0.2) is 42.6 Å². The van der Waals surface area contributed by atoms with Gasteiger partial charge in [-0.1, -0.05) is 6.07 Å². The molecule has 2 aliphatic rings. The van der Waals surface area contributed by atoms with Gasteiger partial charge in [0.2, 0.25) is 0 Å². The first kappa shape index (κ1) is 17.6. The monoisotopic (exact) mass is 369 g/mol. The molecule has 1 spiro atoms. The number of benzene rings is 1. The first-order chi connectivity index (χ1) is 13.0. The molecule has 7 heteroatoms. The van der Waals surface area contributed by atoms with E-state index >= 15 is 0 Å². The van der Waals surface area contributed by atoms with E-state index in [0.29, 0.717) is 43.0 Å². The molecule has 3 heterocycles. The van der Waals surface area contributed by atoms with Crippen molar-refractivity contribution in [3.63, 3.8) is 0 Å². The van der Waals surface area contributed by atoms with Crippen molar-refractivity contribution in [3.05, 3.63) is 59.7 Å². The molecule has 1 aromatic heterocycles. The van der Waals surface area contributed by atoms with Crippen molar-refractivity contribution in [1.82, 2.24) is 9.88 Å². The van der Waals surface area contributed by atoms with Gasteiger partial charge in [0.1, 0.15) is 18.0 Å². The summed E-state index contributed by atoms with van der Waals surface area (Å²) in [5.74, 6) is -0.689. The fourth-order valence-electron chi connectivity index (χ4n) is 3.74. The van der Waals surface area contributed by atoms with Crippen LogP contribution < -0.4 is 4.90 Å². The molecule has 2 saturated heterocycles. The van der Waals surface area contributed by atoms with Crippen molar-refractivity contribution < 1.29 is 18.7 Å². The predicted molar refractivity (Wildman–Crippen MR) is 96.9 cm³/mol. The number of rotatable bonds is 2. The number of aromatic nitrogens is 1. The van der Waals surface area contributed by atoms with Crippen LogP contribution in [0.4, 0.5) is 10.1 Å². The molecule has 6 nitrogen and oxygen atoms in total. The molecule has 1 aromatic carbocycles. The quantitative estimate of drug-likeness (QED) is 0.814. The van der Waals surface area contributed by atoms with Gasteiger partial charge < -0.3 is 14.5 Å². The summed E-state index contributed by atoms with van der Waals surface area (Å²) in [4.78, 5) is 32.6. The summed E-state index contributed by atoms with van der Waals surface area (Å²) in [6, 6.07) is 9.48. The minimum absolute atomic E-state index is 0.0789. The van der Waals surface area contributed by atoms with Crippen molar-refractivity contribution in [2.24, 2.45) is 0 Å². The zero-order valence-electron chi connectivity index (χ0n) is 15.0. The van der Waals surface area contributed by atoms with Crippen LogP contribution in [0, 0.1) is 12.7 Å². The summed E-state index contributed by atoms with van der Waals surface area (Å²) in [5.41, 5.74) is 1.13. The van der Waals surface area contributed by atoms with E-state index in [4.69, 9.17) is 4.74 Å². The molecule has 0 aliphatic carbocycles. The van der Waals surface area contributed by atoms with Crippen LogP contribution in [-0.2, 0) is 9.53 Å². The molecule has 0 N–H and O–H groups in total. The average Bonchev–Trinajstić information content (AvgIpc) is 3.08. The zero-order valence-corrected chi connectivity index (χ0v) is 15.0. The van der Waals surface area contributed by atoms with Crippen molar-refractivity contribution in [2.45, 2.75) is 18.9 Å². The Labute approximate surface area is 156 Å². The molecule has 140 valence electrons. The maximum absolute atomic E-state index is 13.6. The van der Waals surface area contributed by atoms with E-state index in [1.807, 2.05) is 0 Å². The lowest BCUT2D eigenvalue weighted by Crippen LogP contribution is -2.56. The summed E-state index contributed by atoms with van der Waals surface area (Å²) >= 11 is 0. The van der Waals surface area contributed by atoms with E-state index in [-0.39, 0.29) is 18.4 Å². The Morgan fingerprint density at radius 1 is 1.26 bits per heavy atom. The van der Waals surface area contributed by atoms with Crippen LogP contribution in [0.25, 0.3) is 0 Å². The molecule has 0 bridgehead atoms. The fourth-order valence-corrected chi connectivity index (χ4v) is 3.74. The van der Waals surface area contributed by atoms with Gasteiger partial charge in [-0.3, -0.25) is 14.6 Å². The molecular formula is C20H20FN3O3. The molecule has 2 aromatic rings. The van der Waals surface area contributed by atoms with Crippen LogP contribution in [0.1, 0.15) is 22.5 Å². The molecular weight excluding hydrogens is 349 g/mol. The maximum atomic E-state index is 13.6. The van der Waals surface area contributed by atoms with Crippen LogP contribution in [0.2, 0.25) is 0 Å². The molecule has 2 amide bonds. The lowest BCUT2D eigenvalue weighted by molar-refractivity contribution is -0.137. The minimum Gasteiger partial charge on any atom is -0.361 e. The normalized spacial score (nSPS) is 22.5. The number of anilines is 1. The standard InChI is InChI=1S/C20H20FN3O3/c1-14-17(6-3-8-22-14)19(26)23-9-7-20(12-23)13-24(18(25)11-27-20)16-5-2-4-15(21)10-16/h2-6,8,10H,7,9,11-13H2,1H3. The zero-order chi connectivity index (χ0) is 19.0. The number of halogens is 1. The topological polar surface area (TPSA) is 62.7 Å². The third-order valence-corrected chi connectivity index (χ3v) is 5.21. The molecule has 27 heavy (non-hydrogen) atoms.